The number of carbonyl (C=O) groups is 1. The first-order valence-electron chi connectivity index (χ1n) is 5.26. The van der Waals surface area contributed by atoms with Crippen LogP contribution in [0.1, 0.15) is 41.0 Å². The normalized spacial score (nSPS) is 13.8. The molecule has 0 heterocycles. The topological polar surface area (TPSA) is 29.1 Å². The Morgan fingerprint density at radius 1 is 1.43 bits per heavy atom. The van der Waals surface area contributed by atoms with Crippen LogP contribution in [-0.4, -0.2) is 23.5 Å². The molecule has 0 radical (unpaired) electrons. The van der Waals surface area contributed by atoms with E-state index in [0.29, 0.717) is 5.41 Å². The Morgan fingerprint density at radius 3 is 2.43 bits per heavy atom. The van der Waals surface area contributed by atoms with Gasteiger partial charge in [0, 0.05) is 6.54 Å². The molecule has 0 spiro atoms. The van der Waals surface area contributed by atoms with Crippen LogP contribution in [0.15, 0.2) is 0 Å². The summed E-state index contributed by atoms with van der Waals surface area (Å²) in [6.07, 6.45) is 1.00. The number of amides is 1. The van der Waals surface area contributed by atoms with E-state index in [1.807, 2.05) is 6.92 Å². The second-order valence-corrected chi connectivity index (χ2v) is 6.13. The van der Waals surface area contributed by atoms with E-state index < -0.39 is 0 Å². The molecule has 0 saturated carbocycles. The average molecular weight is 217 g/mol. The van der Waals surface area contributed by atoms with E-state index in [9.17, 15) is 4.79 Å². The van der Waals surface area contributed by atoms with Gasteiger partial charge in [0.05, 0.1) is 5.25 Å². The van der Waals surface area contributed by atoms with Gasteiger partial charge in [0.15, 0.2) is 0 Å². The highest BCUT2D eigenvalue weighted by molar-refractivity contribution is 8.00. The van der Waals surface area contributed by atoms with Gasteiger partial charge in [-0.2, -0.15) is 0 Å². The summed E-state index contributed by atoms with van der Waals surface area (Å²) in [4.78, 5) is 11.5. The lowest BCUT2D eigenvalue weighted by Gasteiger charge is -2.20. The Balaban J connectivity index is 3.73. The maximum absolute atomic E-state index is 11.5. The molecule has 0 aromatic carbocycles. The van der Waals surface area contributed by atoms with Crippen LogP contribution in [0.3, 0.4) is 0 Å². The van der Waals surface area contributed by atoms with E-state index in [1.165, 1.54) is 0 Å². The third kappa shape index (κ3) is 7.25. The van der Waals surface area contributed by atoms with Gasteiger partial charge in [0.25, 0.3) is 0 Å². The SMILES string of the molecule is CCCNC(=O)C(C)SCC(C)(C)C. The van der Waals surface area contributed by atoms with Crippen molar-refractivity contribution in [2.45, 2.75) is 46.3 Å². The molecular weight excluding hydrogens is 194 g/mol. The minimum atomic E-state index is 0.0702. The molecular formula is C11H23NOS. The van der Waals surface area contributed by atoms with Crippen LogP contribution in [0, 0.1) is 5.41 Å². The van der Waals surface area contributed by atoms with Crippen molar-refractivity contribution in [1.82, 2.24) is 5.32 Å². The number of nitrogens with one attached hydrogen (secondary N) is 1. The van der Waals surface area contributed by atoms with Gasteiger partial charge in [-0.15, -0.1) is 11.8 Å². The Labute approximate surface area is 92.2 Å². The number of hydrogen-bond acceptors (Lipinski definition) is 2. The fraction of sp³-hybridized carbons (Fsp3) is 0.909. The highest BCUT2D eigenvalue weighted by Crippen LogP contribution is 2.23. The summed E-state index contributed by atoms with van der Waals surface area (Å²) in [5.74, 6) is 1.19. The first-order chi connectivity index (χ1) is 6.37. The van der Waals surface area contributed by atoms with Crippen LogP contribution in [0.4, 0.5) is 0 Å². The maximum Gasteiger partial charge on any atom is 0.232 e. The predicted molar refractivity (Wildman–Crippen MR) is 64.7 cm³/mol. The maximum atomic E-state index is 11.5. The van der Waals surface area contributed by atoms with Crippen LogP contribution < -0.4 is 5.32 Å². The zero-order valence-corrected chi connectivity index (χ0v) is 10.8. The lowest BCUT2D eigenvalue weighted by Crippen LogP contribution is -2.32. The molecule has 0 aliphatic heterocycles. The van der Waals surface area contributed by atoms with Gasteiger partial charge in [0.1, 0.15) is 0 Å². The number of hydrogen-bond donors (Lipinski definition) is 1. The molecule has 0 aliphatic rings. The van der Waals surface area contributed by atoms with E-state index >= 15 is 0 Å². The summed E-state index contributed by atoms with van der Waals surface area (Å²) >= 11 is 1.73. The Bertz CT molecular complexity index is 175. The van der Waals surface area contributed by atoms with E-state index in [2.05, 4.69) is 33.0 Å². The molecule has 2 nitrogen and oxygen atoms in total. The summed E-state index contributed by atoms with van der Waals surface area (Å²) in [5, 5.41) is 2.98. The molecule has 0 bridgehead atoms. The summed E-state index contributed by atoms with van der Waals surface area (Å²) in [7, 11) is 0. The number of carbonyl (C=O) groups excluding carboxylic acids is 1. The molecule has 84 valence electrons. The molecule has 0 fully saturated rings. The lowest BCUT2D eigenvalue weighted by molar-refractivity contribution is -0.120. The highest BCUT2D eigenvalue weighted by atomic mass is 32.2. The summed E-state index contributed by atoms with van der Waals surface area (Å²) in [5.41, 5.74) is 0.296. The quantitative estimate of drug-likeness (QED) is 0.767. The van der Waals surface area contributed by atoms with Gasteiger partial charge in [-0.1, -0.05) is 27.7 Å². The Hall–Kier alpha value is -0.180. The van der Waals surface area contributed by atoms with Crippen molar-refractivity contribution in [3.8, 4) is 0 Å². The Kier molecular flexibility index (Phi) is 6.25. The highest BCUT2D eigenvalue weighted by Gasteiger charge is 2.17. The molecule has 3 heteroatoms. The van der Waals surface area contributed by atoms with Crippen LogP contribution >= 0.6 is 11.8 Å². The summed E-state index contributed by atoms with van der Waals surface area (Å²) < 4.78 is 0. The van der Waals surface area contributed by atoms with Crippen molar-refractivity contribution in [2.24, 2.45) is 5.41 Å². The molecule has 0 aliphatic carbocycles. The summed E-state index contributed by atoms with van der Waals surface area (Å²) in [6.45, 7) is 11.4. The lowest BCUT2D eigenvalue weighted by atomic mass is 10.0. The standard InChI is InChI=1S/C11H23NOS/c1-6-7-12-10(13)9(2)14-8-11(3,4)5/h9H,6-8H2,1-5H3,(H,12,13). The number of rotatable bonds is 5. The van der Waals surface area contributed by atoms with E-state index in [4.69, 9.17) is 0 Å². The van der Waals surface area contributed by atoms with E-state index in [-0.39, 0.29) is 11.2 Å². The molecule has 14 heavy (non-hydrogen) atoms. The minimum Gasteiger partial charge on any atom is -0.355 e. The zero-order chi connectivity index (χ0) is 11.2. The van der Waals surface area contributed by atoms with Crippen molar-refractivity contribution < 1.29 is 4.79 Å². The first-order valence-corrected chi connectivity index (χ1v) is 6.31. The smallest absolute Gasteiger partial charge is 0.232 e. The molecule has 0 aromatic heterocycles. The van der Waals surface area contributed by atoms with Gasteiger partial charge in [-0.05, 0) is 24.5 Å². The fourth-order valence-electron chi connectivity index (χ4n) is 0.843. The van der Waals surface area contributed by atoms with Crippen molar-refractivity contribution in [2.75, 3.05) is 12.3 Å². The van der Waals surface area contributed by atoms with Crippen LogP contribution in [-0.2, 0) is 4.79 Å². The number of thioether (sulfide) groups is 1. The van der Waals surface area contributed by atoms with Gasteiger partial charge in [-0.25, -0.2) is 0 Å². The van der Waals surface area contributed by atoms with Crippen molar-refractivity contribution in [3.63, 3.8) is 0 Å². The van der Waals surface area contributed by atoms with Crippen molar-refractivity contribution in [1.29, 1.82) is 0 Å². The van der Waals surface area contributed by atoms with E-state index in [1.54, 1.807) is 11.8 Å². The predicted octanol–water partition coefficient (Wildman–Crippen LogP) is 2.68. The molecule has 0 saturated heterocycles. The second-order valence-electron chi connectivity index (χ2n) is 4.80. The second kappa shape index (κ2) is 6.33. The van der Waals surface area contributed by atoms with Crippen molar-refractivity contribution >= 4 is 17.7 Å². The van der Waals surface area contributed by atoms with Crippen molar-refractivity contribution in [3.05, 3.63) is 0 Å². The minimum absolute atomic E-state index is 0.0702. The summed E-state index contributed by atoms with van der Waals surface area (Å²) in [6, 6.07) is 0. The molecule has 0 aromatic rings. The van der Waals surface area contributed by atoms with Gasteiger partial charge < -0.3 is 5.32 Å². The van der Waals surface area contributed by atoms with Crippen LogP contribution in [0.5, 0.6) is 0 Å². The van der Waals surface area contributed by atoms with Gasteiger partial charge >= 0.3 is 0 Å². The molecule has 1 atom stereocenters. The van der Waals surface area contributed by atoms with Crippen LogP contribution in [0.25, 0.3) is 0 Å². The monoisotopic (exact) mass is 217 g/mol. The third-order valence-corrected chi connectivity index (χ3v) is 3.43. The van der Waals surface area contributed by atoms with Gasteiger partial charge in [0.2, 0.25) is 5.91 Å². The van der Waals surface area contributed by atoms with Crippen LogP contribution in [0.2, 0.25) is 0 Å². The molecule has 1 amide bonds. The molecule has 1 unspecified atom stereocenters. The molecule has 0 rings (SSSR count). The first kappa shape index (κ1) is 13.8. The Morgan fingerprint density at radius 2 is 2.00 bits per heavy atom. The molecule has 1 N–H and O–H groups in total. The van der Waals surface area contributed by atoms with Gasteiger partial charge in [-0.3, -0.25) is 4.79 Å². The van der Waals surface area contributed by atoms with E-state index in [0.717, 1.165) is 18.7 Å². The largest absolute Gasteiger partial charge is 0.355 e. The zero-order valence-electron chi connectivity index (χ0n) is 10.0. The fourth-order valence-corrected chi connectivity index (χ4v) is 1.83. The average Bonchev–Trinajstić information content (AvgIpc) is 2.09. The third-order valence-electron chi connectivity index (χ3n) is 1.68.